The molecule has 6 nitrogen and oxygen atoms in total. The molecule has 1 aromatic heterocycles. The van der Waals surface area contributed by atoms with Crippen molar-refractivity contribution in [3.63, 3.8) is 0 Å². The maximum Gasteiger partial charge on any atom is 0.499 e. The number of nitrogens with one attached hydrogen (secondary N) is 1. The van der Waals surface area contributed by atoms with Crippen LogP contribution >= 0.6 is 0 Å². The minimum absolute atomic E-state index is 0.0813. The van der Waals surface area contributed by atoms with Crippen molar-refractivity contribution in [2.45, 2.75) is 24.9 Å². The molecule has 4 N–H and O–H groups in total. The predicted molar refractivity (Wildman–Crippen MR) is 52.2 cm³/mol. The maximum absolute atomic E-state index is 13.6. The van der Waals surface area contributed by atoms with Crippen molar-refractivity contribution in [1.82, 2.24) is 4.98 Å². The SMILES string of the molecule is Nc1cc[n+](C2OC(CO)CC2F)c(=O)[nH]1. The van der Waals surface area contributed by atoms with Gasteiger partial charge < -0.3 is 15.6 Å². The van der Waals surface area contributed by atoms with Gasteiger partial charge in [0.25, 0.3) is 0 Å². The largest absolute Gasteiger partial charge is 0.499 e. The Hall–Kier alpha value is -1.47. The molecule has 0 aromatic carbocycles. The molecule has 2 heterocycles. The molecule has 88 valence electrons. The van der Waals surface area contributed by atoms with Gasteiger partial charge >= 0.3 is 5.69 Å². The van der Waals surface area contributed by atoms with Crippen LogP contribution in [0.4, 0.5) is 10.2 Å². The monoisotopic (exact) mass is 230 g/mol. The fourth-order valence-electron chi connectivity index (χ4n) is 1.72. The van der Waals surface area contributed by atoms with Crippen molar-refractivity contribution < 1.29 is 18.8 Å². The number of anilines is 1. The van der Waals surface area contributed by atoms with Gasteiger partial charge in [-0.25, -0.2) is 4.39 Å². The van der Waals surface area contributed by atoms with Crippen molar-refractivity contribution in [2.24, 2.45) is 0 Å². The fourth-order valence-corrected chi connectivity index (χ4v) is 1.72. The summed E-state index contributed by atoms with van der Waals surface area (Å²) in [6, 6.07) is 1.45. The summed E-state index contributed by atoms with van der Waals surface area (Å²) < 4.78 is 19.9. The van der Waals surface area contributed by atoms with Gasteiger partial charge in [0.2, 0.25) is 6.23 Å². The number of nitrogens with zero attached hydrogens (tertiary/aromatic N) is 1. The van der Waals surface area contributed by atoms with Gasteiger partial charge in [0, 0.05) is 12.5 Å². The molecule has 7 heteroatoms. The molecule has 3 unspecified atom stereocenters. The standard InChI is InChI=1S/C9H12FN3O3/c10-6-3-5(4-14)16-8(6)13-2-1-7(11)12-9(13)15/h1-2,5-6,8,14H,3-4H2,(H2,11,12,15)/p+1. The lowest BCUT2D eigenvalue weighted by Crippen LogP contribution is -2.56. The Morgan fingerprint density at radius 3 is 3.06 bits per heavy atom. The Morgan fingerprint density at radius 1 is 1.75 bits per heavy atom. The number of hydrogen-bond acceptors (Lipinski definition) is 4. The molecule has 16 heavy (non-hydrogen) atoms. The Bertz CT molecular complexity index is 436. The lowest BCUT2D eigenvalue weighted by molar-refractivity contribution is -0.778. The van der Waals surface area contributed by atoms with E-state index >= 15 is 0 Å². The molecule has 1 saturated heterocycles. The molecule has 0 amide bonds. The van der Waals surface area contributed by atoms with Gasteiger partial charge in [-0.15, -0.1) is 0 Å². The summed E-state index contributed by atoms with van der Waals surface area (Å²) in [5.41, 5.74) is 4.83. The molecule has 1 aromatic rings. The average molecular weight is 230 g/mol. The van der Waals surface area contributed by atoms with Crippen molar-refractivity contribution in [3.8, 4) is 0 Å². The van der Waals surface area contributed by atoms with E-state index in [1.165, 1.54) is 12.3 Å². The van der Waals surface area contributed by atoms with Crippen LogP contribution in [-0.2, 0) is 4.74 Å². The molecular formula is C9H13FN3O3+. The van der Waals surface area contributed by atoms with E-state index in [9.17, 15) is 9.18 Å². The number of rotatable bonds is 2. The van der Waals surface area contributed by atoms with Crippen LogP contribution in [0, 0.1) is 0 Å². The molecule has 1 aliphatic rings. The van der Waals surface area contributed by atoms with Crippen LogP contribution in [0.1, 0.15) is 12.6 Å². The molecule has 0 saturated carbocycles. The lowest BCUT2D eigenvalue weighted by Gasteiger charge is -2.10. The maximum atomic E-state index is 13.6. The van der Waals surface area contributed by atoms with Gasteiger partial charge in [0.1, 0.15) is 6.20 Å². The van der Waals surface area contributed by atoms with Crippen LogP contribution in [0.5, 0.6) is 0 Å². The highest BCUT2D eigenvalue weighted by Gasteiger charge is 2.40. The van der Waals surface area contributed by atoms with Crippen LogP contribution in [0.2, 0.25) is 0 Å². The molecule has 0 bridgehead atoms. The molecule has 0 aliphatic carbocycles. The third-order valence-electron chi connectivity index (χ3n) is 2.51. The first-order chi connectivity index (χ1) is 7.61. The van der Waals surface area contributed by atoms with Crippen molar-refractivity contribution in [3.05, 3.63) is 22.7 Å². The van der Waals surface area contributed by atoms with Crippen molar-refractivity contribution >= 4 is 5.82 Å². The van der Waals surface area contributed by atoms with E-state index in [4.69, 9.17) is 15.6 Å². The summed E-state index contributed by atoms with van der Waals surface area (Å²) in [6.45, 7) is -0.260. The molecule has 1 fully saturated rings. The number of halogens is 1. The van der Waals surface area contributed by atoms with Gasteiger partial charge in [-0.05, 0) is 0 Å². The summed E-state index contributed by atoms with van der Waals surface area (Å²) in [6.07, 6.45) is -1.43. The summed E-state index contributed by atoms with van der Waals surface area (Å²) in [7, 11) is 0. The molecule has 0 radical (unpaired) electrons. The summed E-state index contributed by atoms with van der Waals surface area (Å²) in [4.78, 5) is 13.8. The van der Waals surface area contributed by atoms with Crippen LogP contribution in [0.25, 0.3) is 0 Å². The first-order valence-electron chi connectivity index (χ1n) is 4.92. The van der Waals surface area contributed by atoms with E-state index in [1.54, 1.807) is 0 Å². The smallest absolute Gasteiger partial charge is 0.394 e. The highest BCUT2D eigenvalue weighted by Crippen LogP contribution is 2.26. The zero-order chi connectivity index (χ0) is 11.7. The Morgan fingerprint density at radius 2 is 2.50 bits per heavy atom. The Kier molecular flexibility index (Phi) is 2.88. The number of aromatic amines is 1. The third-order valence-corrected chi connectivity index (χ3v) is 2.51. The van der Waals surface area contributed by atoms with Crippen LogP contribution in [0.15, 0.2) is 17.1 Å². The molecule has 2 rings (SSSR count). The minimum atomic E-state index is -1.31. The lowest BCUT2D eigenvalue weighted by atomic mass is 10.2. The second kappa shape index (κ2) is 4.18. The number of ether oxygens (including phenoxy) is 1. The van der Waals surface area contributed by atoms with Gasteiger partial charge in [-0.2, -0.15) is 14.3 Å². The third kappa shape index (κ3) is 1.91. The molecule has 0 spiro atoms. The average Bonchev–Trinajstić information content (AvgIpc) is 2.60. The second-order valence-corrected chi connectivity index (χ2v) is 3.69. The van der Waals surface area contributed by atoms with E-state index in [1.807, 2.05) is 0 Å². The van der Waals surface area contributed by atoms with Crippen molar-refractivity contribution in [2.75, 3.05) is 12.3 Å². The highest BCUT2D eigenvalue weighted by molar-refractivity contribution is 5.21. The first-order valence-corrected chi connectivity index (χ1v) is 4.92. The molecule has 3 atom stereocenters. The second-order valence-electron chi connectivity index (χ2n) is 3.69. The Balaban J connectivity index is 2.28. The summed E-state index contributed by atoms with van der Waals surface area (Å²) in [5, 5.41) is 8.86. The van der Waals surface area contributed by atoms with Gasteiger partial charge in [0.15, 0.2) is 12.0 Å². The highest BCUT2D eigenvalue weighted by atomic mass is 19.1. The molecular weight excluding hydrogens is 217 g/mol. The topological polar surface area (TPSA) is 92.2 Å². The van der Waals surface area contributed by atoms with Crippen LogP contribution < -0.4 is 16.0 Å². The van der Waals surface area contributed by atoms with E-state index in [0.717, 1.165) is 4.57 Å². The minimum Gasteiger partial charge on any atom is -0.394 e. The summed E-state index contributed by atoms with van der Waals surface area (Å²) >= 11 is 0. The van der Waals surface area contributed by atoms with Gasteiger partial charge in [-0.1, -0.05) is 0 Å². The van der Waals surface area contributed by atoms with E-state index in [2.05, 4.69) is 4.98 Å². The predicted octanol–water partition coefficient (Wildman–Crippen LogP) is -1.14. The summed E-state index contributed by atoms with van der Waals surface area (Å²) in [5.74, 6) is 0.202. The number of hydrogen-bond donors (Lipinski definition) is 3. The fraction of sp³-hybridized carbons (Fsp3) is 0.556. The normalized spacial score (nSPS) is 29.5. The zero-order valence-corrected chi connectivity index (χ0v) is 8.47. The number of nitrogen functional groups attached to an aromatic ring is 1. The number of aliphatic hydroxyl groups is 1. The number of H-pyrrole nitrogens is 1. The van der Waals surface area contributed by atoms with Crippen LogP contribution in [-0.4, -0.2) is 29.0 Å². The van der Waals surface area contributed by atoms with Gasteiger partial charge in [0.05, 0.1) is 12.7 Å². The number of alkyl halides is 1. The number of aromatic nitrogens is 2. The zero-order valence-electron chi connectivity index (χ0n) is 8.47. The van der Waals surface area contributed by atoms with E-state index < -0.39 is 24.2 Å². The number of nitrogens with two attached hydrogens (primary N) is 1. The van der Waals surface area contributed by atoms with Crippen molar-refractivity contribution in [1.29, 1.82) is 0 Å². The quantitative estimate of drug-likeness (QED) is 0.560. The van der Waals surface area contributed by atoms with E-state index in [-0.39, 0.29) is 18.8 Å². The van der Waals surface area contributed by atoms with Crippen LogP contribution in [0.3, 0.4) is 0 Å². The van der Waals surface area contributed by atoms with E-state index in [0.29, 0.717) is 0 Å². The molecule has 1 aliphatic heterocycles. The number of aliphatic hydroxyl groups excluding tert-OH is 1. The van der Waals surface area contributed by atoms with Gasteiger partial charge in [-0.3, -0.25) is 0 Å². The first kappa shape index (κ1) is 11.0. The Labute approximate surface area is 90.5 Å².